The maximum Gasteiger partial charge on any atom is 0.119 e. The van der Waals surface area contributed by atoms with Crippen LogP contribution in [-0.2, 0) is 0 Å². The third-order valence-electron chi connectivity index (χ3n) is 5.00. The number of rotatable bonds is 6. The van der Waals surface area contributed by atoms with Crippen molar-refractivity contribution in [3.05, 3.63) is 29.3 Å². The third kappa shape index (κ3) is 3.45. The van der Waals surface area contributed by atoms with E-state index in [0.717, 1.165) is 24.1 Å². The second kappa shape index (κ2) is 7.15. The van der Waals surface area contributed by atoms with Crippen LogP contribution in [0.2, 0.25) is 0 Å². The van der Waals surface area contributed by atoms with E-state index >= 15 is 0 Å². The molecular formula is C18H26BrNO. The summed E-state index contributed by atoms with van der Waals surface area (Å²) in [5.74, 6) is 2.46. The predicted octanol–water partition coefficient (Wildman–Crippen LogP) is 4.54. The highest BCUT2D eigenvalue weighted by Crippen LogP contribution is 2.48. The normalized spacial score (nSPS) is 25.2. The number of ether oxygens (including phenoxy) is 1. The van der Waals surface area contributed by atoms with Gasteiger partial charge in [-0.1, -0.05) is 35.3 Å². The number of piperidine rings is 1. The van der Waals surface area contributed by atoms with Crippen molar-refractivity contribution in [3.63, 3.8) is 0 Å². The lowest BCUT2D eigenvalue weighted by molar-refractivity contribution is 0.200. The first-order valence-electron chi connectivity index (χ1n) is 8.34. The summed E-state index contributed by atoms with van der Waals surface area (Å²) in [5.41, 5.74) is 3.06. The van der Waals surface area contributed by atoms with Gasteiger partial charge in [0.05, 0.1) is 6.61 Å². The number of fused-ring (bicyclic) bond motifs is 1. The number of benzene rings is 1. The van der Waals surface area contributed by atoms with E-state index in [-0.39, 0.29) is 0 Å². The summed E-state index contributed by atoms with van der Waals surface area (Å²) in [7, 11) is 0. The van der Waals surface area contributed by atoms with Gasteiger partial charge in [-0.3, -0.25) is 0 Å². The molecule has 2 aliphatic rings. The van der Waals surface area contributed by atoms with Crippen LogP contribution in [0.25, 0.3) is 0 Å². The van der Waals surface area contributed by atoms with E-state index in [2.05, 4.69) is 46.0 Å². The molecule has 1 aliphatic heterocycles. The van der Waals surface area contributed by atoms with Crippen LogP contribution in [0, 0.1) is 0 Å². The minimum absolute atomic E-state index is 0.706. The zero-order valence-corrected chi connectivity index (χ0v) is 14.6. The Kier molecular flexibility index (Phi) is 5.23. The number of alkyl halides is 1. The Labute approximate surface area is 137 Å². The molecule has 1 aliphatic carbocycles. The van der Waals surface area contributed by atoms with Crippen molar-refractivity contribution in [1.82, 2.24) is 4.90 Å². The number of halogens is 1. The zero-order chi connectivity index (χ0) is 14.7. The molecule has 116 valence electrons. The van der Waals surface area contributed by atoms with E-state index in [9.17, 15) is 0 Å². The van der Waals surface area contributed by atoms with Crippen LogP contribution < -0.4 is 4.74 Å². The van der Waals surface area contributed by atoms with Gasteiger partial charge in [0.1, 0.15) is 5.75 Å². The highest BCUT2D eigenvalue weighted by molar-refractivity contribution is 9.09. The molecule has 0 radical (unpaired) electrons. The molecule has 3 heteroatoms. The molecule has 0 aromatic heterocycles. The molecule has 1 aromatic rings. The quantitative estimate of drug-likeness (QED) is 0.551. The number of nitrogens with zero attached hydrogens (tertiary/aromatic N) is 1. The van der Waals surface area contributed by atoms with Gasteiger partial charge >= 0.3 is 0 Å². The maximum absolute atomic E-state index is 5.85. The van der Waals surface area contributed by atoms with Crippen molar-refractivity contribution >= 4 is 15.9 Å². The molecular weight excluding hydrogens is 326 g/mol. The molecule has 2 unspecified atom stereocenters. The summed E-state index contributed by atoms with van der Waals surface area (Å²) in [5, 5.41) is 1.01. The second-order valence-corrected chi connectivity index (χ2v) is 7.23. The van der Waals surface area contributed by atoms with E-state index < -0.39 is 0 Å². The van der Waals surface area contributed by atoms with Crippen molar-refractivity contribution < 1.29 is 4.74 Å². The Balaban J connectivity index is 1.63. The van der Waals surface area contributed by atoms with Crippen LogP contribution >= 0.6 is 15.9 Å². The summed E-state index contributed by atoms with van der Waals surface area (Å²) in [4.78, 5) is 2.66. The number of likely N-dealkylation sites (tertiary alicyclic amines) is 1. The first kappa shape index (κ1) is 15.4. The van der Waals surface area contributed by atoms with E-state index in [1.807, 2.05) is 0 Å². The van der Waals surface area contributed by atoms with Gasteiger partial charge in [-0.25, -0.2) is 0 Å². The van der Waals surface area contributed by atoms with Crippen LogP contribution in [0.3, 0.4) is 0 Å². The fraction of sp³-hybridized carbons (Fsp3) is 0.667. The summed E-state index contributed by atoms with van der Waals surface area (Å²) in [6, 6.07) is 6.70. The van der Waals surface area contributed by atoms with Crippen molar-refractivity contribution in [3.8, 4) is 5.75 Å². The largest absolute Gasteiger partial charge is 0.494 e. The van der Waals surface area contributed by atoms with Gasteiger partial charge in [0, 0.05) is 17.8 Å². The fourth-order valence-corrected chi connectivity index (χ4v) is 3.92. The van der Waals surface area contributed by atoms with Gasteiger partial charge in [0.2, 0.25) is 0 Å². The molecule has 0 bridgehead atoms. The maximum atomic E-state index is 5.85. The van der Waals surface area contributed by atoms with E-state index in [1.165, 1.54) is 50.0 Å². The fourth-order valence-electron chi connectivity index (χ4n) is 3.69. The van der Waals surface area contributed by atoms with Crippen molar-refractivity contribution in [1.29, 1.82) is 0 Å². The Morgan fingerprint density at radius 2 is 2.00 bits per heavy atom. The lowest BCUT2D eigenvalue weighted by Gasteiger charge is -2.41. The summed E-state index contributed by atoms with van der Waals surface area (Å²) >= 11 is 3.45. The molecule has 0 N–H and O–H groups in total. The minimum atomic E-state index is 0.706. The molecule has 21 heavy (non-hydrogen) atoms. The van der Waals surface area contributed by atoms with Gasteiger partial charge in [0.25, 0.3) is 0 Å². The lowest BCUT2D eigenvalue weighted by atomic mass is 9.68. The molecule has 0 amide bonds. The molecule has 1 heterocycles. The third-order valence-corrected chi connectivity index (χ3v) is 5.56. The van der Waals surface area contributed by atoms with Crippen LogP contribution in [0.15, 0.2) is 18.2 Å². The van der Waals surface area contributed by atoms with Gasteiger partial charge < -0.3 is 9.64 Å². The summed E-state index contributed by atoms with van der Waals surface area (Å²) in [6.45, 7) is 7.00. The van der Waals surface area contributed by atoms with Crippen LogP contribution in [-0.4, -0.2) is 36.5 Å². The molecule has 3 rings (SSSR count). The highest BCUT2D eigenvalue weighted by Gasteiger charge is 2.35. The Bertz CT molecular complexity index is 470. The zero-order valence-electron chi connectivity index (χ0n) is 13.0. The molecule has 2 nitrogen and oxygen atoms in total. The Morgan fingerprint density at radius 3 is 2.76 bits per heavy atom. The van der Waals surface area contributed by atoms with Crippen molar-refractivity contribution in [2.75, 3.05) is 31.6 Å². The van der Waals surface area contributed by atoms with Gasteiger partial charge in [0.15, 0.2) is 0 Å². The number of hydrogen-bond acceptors (Lipinski definition) is 2. The highest BCUT2D eigenvalue weighted by atomic mass is 79.9. The lowest BCUT2D eigenvalue weighted by Crippen LogP contribution is -2.38. The Hall–Kier alpha value is -0.540. The van der Waals surface area contributed by atoms with Crippen LogP contribution in [0.5, 0.6) is 5.75 Å². The first-order valence-corrected chi connectivity index (χ1v) is 9.46. The van der Waals surface area contributed by atoms with Crippen molar-refractivity contribution in [2.24, 2.45) is 0 Å². The molecule has 0 spiro atoms. The van der Waals surface area contributed by atoms with Gasteiger partial charge in [-0.15, -0.1) is 0 Å². The van der Waals surface area contributed by atoms with Gasteiger partial charge in [-0.05, 0) is 61.5 Å². The standard InChI is InChI=1S/C18H26BrNO/c1-14-16-7-6-15(21-11-5-8-19)12-17(16)18(14)13-20-9-3-2-4-10-20/h6-7,12,14,18H,2-5,8-11,13H2,1H3. The predicted molar refractivity (Wildman–Crippen MR) is 91.8 cm³/mol. The van der Waals surface area contributed by atoms with Crippen LogP contribution in [0.4, 0.5) is 0 Å². The minimum Gasteiger partial charge on any atom is -0.494 e. The molecule has 2 atom stereocenters. The number of hydrogen-bond donors (Lipinski definition) is 0. The summed E-state index contributed by atoms with van der Waals surface area (Å²) < 4.78 is 5.85. The SMILES string of the molecule is CC1c2ccc(OCCCBr)cc2C1CN1CCCCC1. The molecule has 1 saturated heterocycles. The second-order valence-electron chi connectivity index (χ2n) is 6.44. The molecule has 0 saturated carbocycles. The average Bonchev–Trinajstić information content (AvgIpc) is 2.53. The molecule has 1 fully saturated rings. The first-order chi connectivity index (χ1) is 10.3. The molecule has 1 aromatic carbocycles. The smallest absolute Gasteiger partial charge is 0.119 e. The van der Waals surface area contributed by atoms with E-state index in [4.69, 9.17) is 4.74 Å². The van der Waals surface area contributed by atoms with Gasteiger partial charge in [-0.2, -0.15) is 0 Å². The van der Waals surface area contributed by atoms with E-state index in [1.54, 1.807) is 0 Å². The Morgan fingerprint density at radius 1 is 1.19 bits per heavy atom. The van der Waals surface area contributed by atoms with E-state index in [0.29, 0.717) is 11.8 Å². The monoisotopic (exact) mass is 351 g/mol. The van der Waals surface area contributed by atoms with Crippen LogP contribution in [0.1, 0.15) is 55.6 Å². The topological polar surface area (TPSA) is 12.5 Å². The average molecular weight is 352 g/mol. The summed E-state index contributed by atoms with van der Waals surface area (Å²) in [6.07, 6.45) is 5.23. The van der Waals surface area contributed by atoms with Crippen molar-refractivity contribution in [2.45, 2.75) is 44.4 Å².